The lowest BCUT2D eigenvalue weighted by Crippen LogP contribution is -2.20. The molecule has 2 aromatic heterocycles. The normalized spacial score (nSPS) is 11.6. The van der Waals surface area contributed by atoms with Gasteiger partial charge in [-0.2, -0.15) is 18.3 Å². The van der Waals surface area contributed by atoms with Crippen molar-refractivity contribution < 1.29 is 22.4 Å². The van der Waals surface area contributed by atoms with E-state index in [0.717, 1.165) is 6.20 Å². The third-order valence-electron chi connectivity index (χ3n) is 5.04. The lowest BCUT2D eigenvalue weighted by molar-refractivity contribution is -0.143. The van der Waals surface area contributed by atoms with Gasteiger partial charge in [0, 0.05) is 16.3 Å². The van der Waals surface area contributed by atoms with Gasteiger partial charge in [0.1, 0.15) is 5.52 Å². The van der Waals surface area contributed by atoms with E-state index in [4.69, 9.17) is 16.0 Å². The zero-order chi connectivity index (χ0) is 23.9. The molecule has 0 aliphatic rings. The summed E-state index contributed by atoms with van der Waals surface area (Å²) in [6.07, 6.45) is -3.93. The van der Waals surface area contributed by atoms with Crippen LogP contribution in [0.5, 0.6) is 0 Å². The summed E-state index contributed by atoms with van der Waals surface area (Å²) < 4.78 is 47.9. The van der Waals surface area contributed by atoms with Crippen LogP contribution < -0.4 is 5.32 Å². The molecule has 3 aromatic carbocycles. The van der Waals surface area contributed by atoms with Crippen LogP contribution in [0.25, 0.3) is 28.2 Å². The number of benzene rings is 3. The molecular weight excluding hydrogens is 469 g/mol. The van der Waals surface area contributed by atoms with Gasteiger partial charge in [0.05, 0.1) is 17.4 Å². The predicted octanol–water partition coefficient (Wildman–Crippen LogP) is 6.61. The first-order valence-corrected chi connectivity index (χ1v) is 10.4. The van der Waals surface area contributed by atoms with E-state index in [2.05, 4.69) is 15.4 Å². The van der Waals surface area contributed by atoms with Gasteiger partial charge in [-0.25, -0.2) is 9.67 Å². The zero-order valence-electron chi connectivity index (χ0n) is 17.2. The molecule has 2 heterocycles. The average Bonchev–Trinajstić information content (AvgIpc) is 3.45. The molecule has 34 heavy (non-hydrogen) atoms. The Labute approximate surface area is 195 Å². The van der Waals surface area contributed by atoms with Crippen molar-refractivity contribution in [2.45, 2.75) is 6.18 Å². The number of fused-ring (bicyclic) bond motifs is 1. The number of amides is 1. The van der Waals surface area contributed by atoms with Crippen molar-refractivity contribution in [3.8, 4) is 17.1 Å². The van der Waals surface area contributed by atoms with Crippen molar-refractivity contribution in [1.82, 2.24) is 14.8 Å². The highest BCUT2D eigenvalue weighted by atomic mass is 35.5. The van der Waals surface area contributed by atoms with Crippen LogP contribution in [0.4, 0.5) is 18.9 Å². The summed E-state index contributed by atoms with van der Waals surface area (Å²) in [5, 5.41) is 6.64. The molecule has 0 saturated carbocycles. The van der Waals surface area contributed by atoms with Crippen LogP contribution in [0.15, 0.2) is 83.4 Å². The number of oxazole rings is 1. The Morgan fingerprint density at radius 2 is 1.68 bits per heavy atom. The summed E-state index contributed by atoms with van der Waals surface area (Å²) in [7, 11) is 0. The molecule has 0 spiro atoms. The van der Waals surface area contributed by atoms with Gasteiger partial charge in [-0.3, -0.25) is 4.79 Å². The van der Waals surface area contributed by atoms with Crippen molar-refractivity contribution in [2.24, 2.45) is 0 Å². The van der Waals surface area contributed by atoms with E-state index in [-0.39, 0.29) is 5.69 Å². The molecule has 5 aromatic rings. The van der Waals surface area contributed by atoms with Gasteiger partial charge in [-0.15, -0.1) is 0 Å². The number of carbonyl (C=O) groups excluding carboxylic acids is 1. The predicted molar refractivity (Wildman–Crippen MR) is 121 cm³/mol. The highest BCUT2D eigenvalue weighted by Crippen LogP contribution is 2.34. The van der Waals surface area contributed by atoms with Gasteiger partial charge < -0.3 is 9.73 Å². The summed E-state index contributed by atoms with van der Waals surface area (Å²) in [5.74, 6) is -0.551. The van der Waals surface area contributed by atoms with E-state index in [1.54, 1.807) is 30.3 Å². The smallest absolute Gasteiger partial charge is 0.434 e. The minimum absolute atomic E-state index is 0.124. The Kier molecular flexibility index (Phi) is 5.33. The zero-order valence-corrected chi connectivity index (χ0v) is 17.9. The SMILES string of the molecule is O=C(Nc1ccc(-c2nc3ccccc3o2)cc1)c1cnn(-c2ccc(Cl)cc2)c1C(F)(F)F. The molecule has 0 unspecified atom stereocenters. The molecule has 0 fully saturated rings. The number of hydrogen-bond acceptors (Lipinski definition) is 4. The van der Waals surface area contributed by atoms with Crippen molar-refractivity contribution >= 4 is 34.3 Å². The fraction of sp³-hybridized carbons (Fsp3) is 0.0417. The van der Waals surface area contributed by atoms with Gasteiger partial charge in [-0.1, -0.05) is 23.7 Å². The summed E-state index contributed by atoms with van der Waals surface area (Å²) in [4.78, 5) is 17.1. The third-order valence-corrected chi connectivity index (χ3v) is 5.29. The Hall–Kier alpha value is -4.11. The monoisotopic (exact) mass is 482 g/mol. The van der Waals surface area contributed by atoms with Gasteiger partial charge in [0.2, 0.25) is 5.89 Å². The number of hydrogen-bond donors (Lipinski definition) is 1. The molecule has 5 rings (SSSR count). The van der Waals surface area contributed by atoms with Crippen molar-refractivity contribution in [3.05, 3.63) is 95.3 Å². The van der Waals surface area contributed by atoms with E-state index in [0.29, 0.717) is 37.9 Å². The van der Waals surface area contributed by atoms with Crippen LogP contribution in [0.2, 0.25) is 5.02 Å². The minimum atomic E-state index is -4.82. The first-order chi connectivity index (χ1) is 16.3. The largest absolute Gasteiger partial charge is 0.436 e. The quantitative estimate of drug-likeness (QED) is 0.313. The summed E-state index contributed by atoms with van der Waals surface area (Å²) >= 11 is 5.82. The minimum Gasteiger partial charge on any atom is -0.436 e. The molecule has 170 valence electrons. The van der Waals surface area contributed by atoms with E-state index in [9.17, 15) is 18.0 Å². The maximum absolute atomic E-state index is 13.9. The van der Waals surface area contributed by atoms with Crippen LogP contribution >= 0.6 is 11.6 Å². The topological polar surface area (TPSA) is 73.0 Å². The lowest BCUT2D eigenvalue weighted by atomic mass is 10.2. The number of carbonyl (C=O) groups is 1. The molecule has 0 aliphatic carbocycles. The molecule has 0 aliphatic heterocycles. The van der Waals surface area contributed by atoms with Crippen LogP contribution in [-0.4, -0.2) is 20.7 Å². The fourth-order valence-electron chi connectivity index (χ4n) is 3.46. The standard InChI is InChI=1S/C24H14ClF3N4O2/c25-15-7-11-17(12-8-15)32-21(24(26,27)28)18(13-29-32)22(33)30-16-9-5-14(6-10-16)23-31-19-3-1-2-4-20(19)34-23/h1-13H,(H,30,33). The summed E-state index contributed by atoms with van der Waals surface area (Å²) in [6.45, 7) is 0. The van der Waals surface area contributed by atoms with Crippen molar-refractivity contribution in [3.63, 3.8) is 0 Å². The van der Waals surface area contributed by atoms with Gasteiger partial charge in [-0.05, 0) is 60.7 Å². The molecule has 0 atom stereocenters. The molecule has 0 bridgehead atoms. The number of nitrogens with zero attached hydrogens (tertiary/aromatic N) is 3. The van der Waals surface area contributed by atoms with Crippen LogP contribution in [-0.2, 0) is 6.18 Å². The Morgan fingerprint density at radius 3 is 2.35 bits per heavy atom. The number of para-hydroxylation sites is 2. The molecule has 0 radical (unpaired) electrons. The van der Waals surface area contributed by atoms with Crippen LogP contribution in [0, 0.1) is 0 Å². The maximum atomic E-state index is 13.9. The molecular formula is C24H14ClF3N4O2. The second-order valence-corrected chi connectivity index (χ2v) is 7.75. The maximum Gasteiger partial charge on any atom is 0.434 e. The van der Waals surface area contributed by atoms with Gasteiger partial charge in [0.15, 0.2) is 11.3 Å². The highest BCUT2D eigenvalue weighted by Gasteiger charge is 2.40. The Morgan fingerprint density at radius 1 is 0.971 bits per heavy atom. The highest BCUT2D eigenvalue weighted by molar-refractivity contribution is 6.30. The molecule has 1 N–H and O–H groups in total. The second kappa shape index (κ2) is 8.35. The van der Waals surface area contributed by atoms with Crippen LogP contribution in [0.1, 0.15) is 16.1 Å². The second-order valence-electron chi connectivity index (χ2n) is 7.31. The van der Waals surface area contributed by atoms with E-state index < -0.39 is 23.3 Å². The third kappa shape index (κ3) is 4.13. The number of anilines is 1. The number of halogens is 4. The summed E-state index contributed by atoms with van der Waals surface area (Å²) in [6, 6.07) is 19.4. The average molecular weight is 483 g/mol. The fourth-order valence-corrected chi connectivity index (χ4v) is 3.58. The Bertz CT molecular complexity index is 1460. The lowest BCUT2D eigenvalue weighted by Gasteiger charge is -2.13. The number of rotatable bonds is 4. The first kappa shape index (κ1) is 21.7. The van der Waals surface area contributed by atoms with E-state index >= 15 is 0 Å². The van der Waals surface area contributed by atoms with Crippen LogP contribution in [0.3, 0.4) is 0 Å². The Balaban J connectivity index is 1.41. The van der Waals surface area contributed by atoms with Gasteiger partial charge in [0.25, 0.3) is 5.91 Å². The molecule has 6 nitrogen and oxygen atoms in total. The van der Waals surface area contributed by atoms with Gasteiger partial charge >= 0.3 is 6.18 Å². The van der Waals surface area contributed by atoms with E-state index in [1.807, 2.05) is 18.2 Å². The number of alkyl halides is 3. The van der Waals surface area contributed by atoms with Crippen molar-refractivity contribution in [2.75, 3.05) is 5.32 Å². The molecule has 1 amide bonds. The number of aromatic nitrogens is 3. The van der Waals surface area contributed by atoms with Crippen molar-refractivity contribution in [1.29, 1.82) is 0 Å². The molecule has 10 heteroatoms. The molecule has 0 saturated heterocycles. The first-order valence-electron chi connectivity index (χ1n) is 9.98. The van der Waals surface area contributed by atoms with E-state index in [1.165, 1.54) is 24.3 Å². The number of nitrogens with one attached hydrogen (secondary N) is 1. The summed E-state index contributed by atoms with van der Waals surface area (Å²) in [5.41, 5.74) is 0.622.